The molecule has 1 aromatic carbocycles. The predicted molar refractivity (Wildman–Crippen MR) is 82.8 cm³/mol. The molecular formula is C14H13Cl2N3O. The molecule has 0 aliphatic rings. The first-order chi connectivity index (χ1) is 9.61. The highest BCUT2D eigenvalue weighted by Gasteiger charge is 2.14. The number of carbonyl (C=O) groups is 1. The SMILES string of the molecule is CCNc1ccc(Cl)cc1C(=O)Nc1ncccc1Cl. The van der Waals surface area contributed by atoms with Crippen LogP contribution < -0.4 is 10.6 Å². The number of aromatic nitrogens is 1. The summed E-state index contributed by atoms with van der Waals surface area (Å²) in [5.41, 5.74) is 1.16. The first-order valence-corrected chi connectivity index (χ1v) is 6.82. The molecule has 0 saturated heterocycles. The van der Waals surface area contributed by atoms with Gasteiger partial charge in [-0.15, -0.1) is 0 Å². The minimum absolute atomic E-state index is 0.316. The quantitative estimate of drug-likeness (QED) is 0.895. The average Bonchev–Trinajstić information content (AvgIpc) is 2.43. The summed E-state index contributed by atoms with van der Waals surface area (Å²) in [6.45, 7) is 2.65. The van der Waals surface area contributed by atoms with Gasteiger partial charge >= 0.3 is 0 Å². The Morgan fingerprint density at radius 1 is 1.30 bits per heavy atom. The van der Waals surface area contributed by atoms with Gasteiger partial charge in [0.1, 0.15) is 0 Å². The van der Waals surface area contributed by atoms with E-state index in [1.165, 1.54) is 0 Å². The van der Waals surface area contributed by atoms with Crippen molar-refractivity contribution in [2.75, 3.05) is 17.2 Å². The Balaban J connectivity index is 2.29. The smallest absolute Gasteiger partial charge is 0.259 e. The third-order valence-corrected chi connectivity index (χ3v) is 3.12. The van der Waals surface area contributed by atoms with Gasteiger partial charge in [0.2, 0.25) is 0 Å². The molecule has 0 aliphatic carbocycles. The van der Waals surface area contributed by atoms with Crippen molar-refractivity contribution < 1.29 is 4.79 Å². The number of nitrogens with one attached hydrogen (secondary N) is 2. The summed E-state index contributed by atoms with van der Waals surface area (Å²) in [7, 11) is 0. The molecule has 6 heteroatoms. The zero-order valence-corrected chi connectivity index (χ0v) is 12.3. The van der Waals surface area contributed by atoms with Crippen LogP contribution in [-0.2, 0) is 0 Å². The minimum Gasteiger partial charge on any atom is -0.385 e. The van der Waals surface area contributed by atoms with Crippen molar-refractivity contribution in [2.45, 2.75) is 6.92 Å². The lowest BCUT2D eigenvalue weighted by Crippen LogP contribution is -2.15. The monoisotopic (exact) mass is 309 g/mol. The van der Waals surface area contributed by atoms with E-state index < -0.39 is 0 Å². The van der Waals surface area contributed by atoms with Crippen LogP contribution in [-0.4, -0.2) is 17.4 Å². The number of halogens is 2. The van der Waals surface area contributed by atoms with E-state index in [0.29, 0.717) is 33.7 Å². The summed E-state index contributed by atoms with van der Waals surface area (Å²) in [6.07, 6.45) is 1.56. The predicted octanol–water partition coefficient (Wildman–Crippen LogP) is 4.07. The maximum atomic E-state index is 12.3. The molecule has 0 unspecified atom stereocenters. The molecule has 2 rings (SSSR count). The molecule has 104 valence electrons. The number of hydrogen-bond donors (Lipinski definition) is 2. The first kappa shape index (κ1) is 14.6. The molecular weight excluding hydrogens is 297 g/mol. The van der Waals surface area contributed by atoms with Gasteiger partial charge in [0.05, 0.1) is 10.6 Å². The largest absolute Gasteiger partial charge is 0.385 e. The lowest BCUT2D eigenvalue weighted by Gasteiger charge is -2.11. The van der Waals surface area contributed by atoms with Crippen molar-refractivity contribution in [2.24, 2.45) is 0 Å². The Kier molecular flexibility index (Phi) is 4.82. The second-order valence-corrected chi connectivity index (χ2v) is 4.85. The van der Waals surface area contributed by atoms with Crippen LogP contribution in [0.15, 0.2) is 36.5 Å². The van der Waals surface area contributed by atoms with Gasteiger partial charge in [-0.3, -0.25) is 4.79 Å². The molecule has 0 bridgehead atoms. The summed E-state index contributed by atoms with van der Waals surface area (Å²) < 4.78 is 0. The number of pyridine rings is 1. The molecule has 1 heterocycles. The van der Waals surface area contributed by atoms with E-state index in [9.17, 15) is 4.79 Å². The fourth-order valence-corrected chi connectivity index (χ4v) is 2.04. The van der Waals surface area contributed by atoms with Crippen LogP contribution in [0.2, 0.25) is 10.0 Å². The maximum absolute atomic E-state index is 12.3. The van der Waals surface area contributed by atoms with Crippen molar-refractivity contribution in [3.8, 4) is 0 Å². The van der Waals surface area contributed by atoms with Gasteiger partial charge in [-0.2, -0.15) is 0 Å². The molecule has 4 nitrogen and oxygen atoms in total. The van der Waals surface area contributed by atoms with Gasteiger partial charge in [0, 0.05) is 23.5 Å². The molecule has 0 atom stereocenters. The normalized spacial score (nSPS) is 10.2. The highest BCUT2D eigenvalue weighted by molar-refractivity contribution is 6.33. The van der Waals surface area contributed by atoms with Gasteiger partial charge in [0.25, 0.3) is 5.91 Å². The van der Waals surface area contributed by atoms with Crippen molar-refractivity contribution in [1.82, 2.24) is 4.98 Å². The van der Waals surface area contributed by atoms with E-state index in [2.05, 4.69) is 15.6 Å². The van der Waals surface area contributed by atoms with Crippen molar-refractivity contribution in [3.05, 3.63) is 52.1 Å². The first-order valence-electron chi connectivity index (χ1n) is 6.07. The number of amides is 1. The number of benzene rings is 1. The number of rotatable bonds is 4. The van der Waals surface area contributed by atoms with Crippen molar-refractivity contribution >= 4 is 40.6 Å². The zero-order chi connectivity index (χ0) is 14.5. The van der Waals surface area contributed by atoms with Gasteiger partial charge in [-0.25, -0.2) is 4.98 Å². The Morgan fingerprint density at radius 3 is 2.80 bits per heavy atom. The molecule has 20 heavy (non-hydrogen) atoms. The number of nitrogens with zero attached hydrogens (tertiary/aromatic N) is 1. The van der Waals surface area contributed by atoms with Gasteiger partial charge in [-0.05, 0) is 37.3 Å². The van der Waals surface area contributed by atoms with Crippen molar-refractivity contribution in [1.29, 1.82) is 0 Å². The van der Waals surface area contributed by atoms with Crippen molar-refractivity contribution in [3.63, 3.8) is 0 Å². The van der Waals surface area contributed by atoms with E-state index in [-0.39, 0.29) is 5.91 Å². The van der Waals surface area contributed by atoms with E-state index in [1.54, 1.807) is 36.5 Å². The lowest BCUT2D eigenvalue weighted by molar-refractivity contribution is 0.102. The third kappa shape index (κ3) is 3.40. The Bertz CT molecular complexity index is 632. The van der Waals surface area contributed by atoms with E-state index in [1.807, 2.05) is 6.92 Å². The second-order valence-electron chi connectivity index (χ2n) is 4.01. The standard InChI is InChI=1S/C14H13Cl2N3O/c1-2-17-12-6-5-9(15)8-10(12)14(20)19-13-11(16)4-3-7-18-13/h3-8,17H,2H2,1H3,(H,18,19,20). The molecule has 0 spiro atoms. The van der Waals surface area contributed by atoms with Crippen LogP contribution in [0.4, 0.5) is 11.5 Å². The van der Waals surface area contributed by atoms with Crippen LogP contribution in [0.3, 0.4) is 0 Å². The van der Waals surface area contributed by atoms with Crippen LogP contribution in [0.25, 0.3) is 0 Å². The summed E-state index contributed by atoms with van der Waals surface area (Å²) in [4.78, 5) is 16.3. The number of carbonyl (C=O) groups excluding carboxylic acids is 1. The third-order valence-electron chi connectivity index (χ3n) is 2.58. The molecule has 0 aliphatic heterocycles. The van der Waals surface area contributed by atoms with Crippen LogP contribution >= 0.6 is 23.2 Å². The highest BCUT2D eigenvalue weighted by Crippen LogP contribution is 2.23. The topological polar surface area (TPSA) is 54.0 Å². The molecule has 0 fully saturated rings. The maximum Gasteiger partial charge on any atom is 0.259 e. The summed E-state index contributed by atoms with van der Waals surface area (Å²) in [5.74, 6) is 0.00522. The van der Waals surface area contributed by atoms with Crippen LogP contribution in [0.1, 0.15) is 17.3 Å². The Hall–Kier alpha value is -1.78. The van der Waals surface area contributed by atoms with Gasteiger partial charge in [-0.1, -0.05) is 23.2 Å². The zero-order valence-electron chi connectivity index (χ0n) is 10.8. The summed E-state index contributed by atoms with van der Waals surface area (Å²) in [6, 6.07) is 8.45. The van der Waals surface area contributed by atoms with E-state index in [4.69, 9.17) is 23.2 Å². The number of hydrogen-bond acceptors (Lipinski definition) is 3. The fraction of sp³-hybridized carbons (Fsp3) is 0.143. The lowest BCUT2D eigenvalue weighted by atomic mass is 10.1. The van der Waals surface area contributed by atoms with E-state index >= 15 is 0 Å². The van der Waals surface area contributed by atoms with E-state index in [0.717, 1.165) is 0 Å². The second kappa shape index (κ2) is 6.59. The minimum atomic E-state index is -0.316. The molecule has 0 radical (unpaired) electrons. The highest BCUT2D eigenvalue weighted by atomic mass is 35.5. The summed E-state index contributed by atoms with van der Waals surface area (Å²) >= 11 is 11.9. The van der Waals surface area contributed by atoms with Gasteiger partial charge in [0.15, 0.2) is 5.82 Å². The molecule has 2 aromatic rings. The average molecular weight is 310 g/mol. The Morgan fingerprint density at radius 2 is 2.10 bits per heavy atom. The summed E-state index contributed by atoms with van der Waals surface area (Å²) in [5, 5.41) is 6.66. The van der Waals surface area contributed by atoms with Gasteiger partial charge < -0.3 is 10.6 Å². The van der Waals surface area contributed by atoms with Crippen LogP contribution in [0, 0.1) is 0 Å². The molecule has 2 N–H and O–H groups in total. The number of anilines is 2. The fourth-order valence-electron chi connectivity index (χ4n) is 1.70. The molecule has 1 aromatic heterocycles. The molecule has 1 amide bonds. The van der Waals surface area contributed by atoms with Crippen LogP contribution in [0.5, 0.6) is 0 Å². The Labute approximate surface area is 127 Å². The molecule has 0 saturated carbocycles.